The monoisotopic (exact) mass is 832 g/mol. The molecule has 2 saturated heterocycles. The molecule has 2 aliphatic rings. The molecular formula is C40H41ClN14O5. The molecule has 2 fully saturated rings. The summed E-state index contributed by atoms with van der Waals surface area (Å²) in [5.74, 6) is 1.69. The van der Waals surface area contributed by atoms with Gasteiger partial charge in [-0.15, -0.1) is 12.4 Å². The van der Waals surface area contributed by atoms with Gasteiger partial charge in [-0.3, -0.25) is 19.2 Å². The second kappa shape index (κ2) is 21.4. The third-order valence-corrected chi connectivity index (χ3v) is 9.36. The molecular weight excluding hydrogens is 792 g/mol. The molecule has 0 aliphatic carbocycles. The Morgan fingerprint density at radius 1 is 0.667 bits per heavy atom. The number of aromatic nitrogens is 8. The second-order valence-electron chi connectivity index (χ2n) is 13.3. The second-order valence-corrected chi connectivity index (χ2v) is 13.3. The maximum atomic E-state index is 12.6. The molecule has 4 N–H and O–H groups in total. The molecule has 308 valence electrons. The van der Waals surface area contributed by atoms with Gasteiger partial charge in [0.25, 0.3) is 11.1 Å². The Kier molecular flexibility index (Phi) is 15.6. The number of nitrogens with zero attached hydrogens (tertiary/aromatic N) is 11. The van der Waals surface area contributed by atoms with E-state index in [0.717, 1.165) is 37.8 Å². The summed E-state index contributed by atoms with van der Waals surface area (Å²) in [7, 11) is 0. The predicted octanol–water partition coefficient (Wildman–Crippen LogP) is 1.99. The van der Waals surface area contributed by atoms with E-state index in [9.17, 15) is 19.2 Å². The molecule has 8 rings (SSSR count). The number of fused-ring (bicyclic) bond motifs is 2. The number of aliphatic carboxylic acids is 1. The van der Waals surface area contributed by atoms with Crippen molar-refractivity contribution in [3.63, 3.8) is 0 Å². The van der Waals surface area contributed by atoms with Crippen molar-refractivity contribution < 1.29 is 14.7 Å². The first-order valence-corrected chi connectivity index (χ1v) is 18.8. The number of carbonyl (C=O) groups excluding carboxylic acids is 1. The van der Waals surface area contributed by atoms with E-state index in [-0.39, 0.29) is 48.7 Å². The Bertz CT molecular complexity index is 2590. The Morgan fingerprint density at radius 3 is 1.60 bits per heavy atom. The number of amides is 1. The number of pyridine rings is 4. The minimum absolute atomic E-state index is 0. The van der Waals surface area contributed by atoms with Gasteiger partial charge in [0.1, 0.15) is 35.4 Å². The number of aryl methyl sites for hydroxylation is 2. The molecule has 60 heavy (non-hydrogen) atoms. The van der Waals surface area contributed by atoms with Crippen LogP contribution in [0.5, 0.6) is 0 Å². The van der Waals surface area contributed by atoms with Gasteiger partial charge in [-0.25, -0.2) is 29.9 Å². The highest BCUT2D eigenvalue weighted by Gasteiger charge is 2.22. The minimum Gasteiger partial charge on any atom is -0.481 e. The number of piperazine rings is 2. The van der Waals surface area contributed by atoms with Crippen LogP contribution in [0.4, 0.5) is 11.6 Å². The summed E-state index contributed by atoms with van der Waals surface area (Å²) in [6.45, 7) is 6.54. The Balaban J connectivity index is 0.000000186. The van der Waals surface area contributed by atoms with Gasteiger partial charge in [0.15, 0.2) is 11.3 Å². The number of aromatic amines is 2. The predicted molar refractivity (Wildman–Crippen MR) is 224 cm³/mol. The molecule has 0 spiro atoms. The lowest BCUT2D eigenvalue weighted by Crippen LogP contribution is -2.49. The van der Waals surface area contributed by atoms with Crippen LogP contribution in [0.3, 0.4) is 0 Å². The lowest BCUT2D eigenvalue weighted by molar-refractivity contribution is -0.137. The van der Waals surface area contributed by atoms with Crippen LogP contribution >= 0.6 is 12.4 Å². The summed E-state index contributed by atoms with van der Waals surface area (Å²) in [5, 5.41) is 30.1. The lowest BCUT2D eigenvalue weighted by Gasteiger charge is -2.35. The smallest absolute Gasteiger partial charge is 0.303 e. The molecule has 20 heteroatoms. The highest BCUT2D eigenvalue weighted by Crippen LogP contribution is 2.15. The van der Waals surface area contributed by atoms with Crippen LogP contribution in [-0.4, -0.2) is 114 Å². The Morgan fingerprint density at radius 2 is 1.15 bits per heavy atom. The zero-order valence-corrected chi connectivity index (χ0v) is 33.1. The molecule has 0 bridgehead atoms. The van der Waals surface area contributed by atoms with Crippen molar-refractivity contribution in [3.05, 3.63) is 117 Å². The van der Waals surface area contributed by atoms with E-state index in [1.165, 1.54) is 6.20 Å². The molecule has 0 saturated carbocycles. The van der Waals surface area contributed by atoms with Crippen molar-refractivity contribution in [1.82, 2.24) is 50.1 Å². The van der Waals surface area contributed by atoms with Crippen LogP contribution in [0.1, 0.15) is 35.6 Å². The Labute approximate surface area is 349 Å². The van der Waals surface area contributed by atoms with E-state index in [0.29, 0.717) is 77.4 Å². The molecule has 6 aromatic heterocycles. The molecule has 0 radical (unpaired) electrons. The van der Waals surface area contributed by atoms with Gasteiger partial charge in [0, 0.05) is 96.4 Å². The van der Waals surface area contributed by atoms with Crippen molar-refractivity contribution in [2.24, 2.45) is 0 Å². The van der Waals surface area contributed by atoms with Gasteiger partial charge in [-0.1, -0.05) is 0 Å². The molecule has 0 aromatic carbocycles. The van der Waals surface area contributed by atoms with Crippen LogP contribution in [0.2, 0.25) is 0 Å². The fraction of sp³-hybridized carbons (Fsp3) is 0.300. The van der Waals surface area contributed by atoms with Crippen molar-refractivity contribution in [1.29, 1.82) is 10.5 Å². The van der Waals surface area contributed by atoms with Crippen molar-refractivity contribution in [2.75, 3.05) is 62.2 Å². The number of carbonyl (C=O) groups is 2. The minimum atomic E-state index is -0.927. The van der Waals surface area contributed by atoms with E-state index in [2.05, 4.69) is 67.1 Å². The standard InChI is InChI=1S/C20H19N7O2.C10H12N4.C10H9N3O3.ClH/c21-12-14-3-5-17(23-13-14)26-8-10-27(11-9-26)18(28)6-4-16-24-19-15(20(29)25-16)2-1-7-22-19;11-7-9-1-2-10(13-8-9)14-5-3-12-4-6-14;14-8(15)4-3-7-12-9-6(10(16)13-7)2-1-5-11-9;/h1-3,5,7,13H,4,6,8-11H2,(H,22,24,25,29);1-2,8,12H,3-6H2;1-2,5H,3-4H2,(H,14,15)(H,11,12,13,16);1H. The van der Waals surface area contributed by atoms with E-state index < -0.39 is 5.97 Å². The van der Waals surface area contributed by atoms with Crippen LogP contribution in [0, 0.1) is 22.7 Å². The number of rotatable bonds is 8. The molecule has 2 aliphatic heterocycles. The summed E-state index contributed by atoms with van der Waals surface area (Å²) < 4.78 is 0. The maximum Gasteiger partial charge on any atom is 0.303 e. The summed E-state index contributed by atoms with van der Waals surface area (Å²) in [6, 6.07) is 18.0. The number of nitriles is 2. The van der Waals surface area contributed by atoms with Crippen LogP contribution in [0.25, 0.3) is 22.1 Å². The summed E-state index contributed by atoms with van der Waals surface area (Å²) in [4.78, 5) is 83.0. The van der Waals surface area contributed by atoms with Crippen molar-refractivity contribution >= 4 is 58.0 Å². The summed E-state index contributed by atoms with van der Waals surface area (Å²) in [6.07, 6.45) is 7.06. The zero-order chi connectivity index (χ0) is 41.6. The Hall–Kier alpha value is -7.35. The number of hydrogen-bond donors (Lipinski definition) is 4. The lowest BCUT2D eigenvalue weighted by atomic mass is 10.2. The van der Waals surface area contributed by atoms with Crippen LogP contribution < -0.4 is 26.2 Å². The number of carboxylic acids is 1. The van der Waals surface area contributed by atoms with Gasteiger partial charge in [0.05, 0.1) is 28.3 Å². The fourth-order valence-electron chi connectivity index (χ4n) is 6.24. The summed E-state index contributed by atoms with van der Waals surface area (Å²) >= 11 is 0. The SMILES string of the molecule is Cl.N#Cc1ccc(N2CCN(C(=O)CCc3nc4ncccc4c(=O)[nH]3)CC2)nc1.N#Cc1ccc(N2CCNCC2)nc1.O=C(O)CCc1nc2ncccc2c(=O)[nH]1. The van der Waals surface area contributed by atoms with Gasteiger partial charge < -0.3 is 35.1 Å². The van der Waals surface area contributed by atoms with Crippen molar-refractivity contribution in [3.8, 4) is 12.1 Å². The normalized spacial score (nSPS) is 13.4. The fourth-order valence-corrected chi connectivity index (χ4v) is 6.24. The zero-order valence-electron chi connectivity index (χ0n) is 32.3. The molecule has 8 heterocycles. The molecule has 0 atom stereocenters. The van der Waals surface area contributed by atoms with Crippen molar-refractivity contribution in [2.45, 2.75) is 25.7 Å². The number of nitrogens with one attached hydrogen (secondary N) is 3. The number of carboxylic acid groups (broad SMARTS) is 1. The average Bonchev–Trinajstić information content (AvgIpc) is 3.28. The summed E-state index contributed by atoms with van der Waals surface area (Å²) in [5.41, 5.74) is 1.34. The number of halogens is 1. The number of anilines is 2. The van der Waals surface area contributed by atoms with Crippen LogP contribution in [-0.2, 0) is 22.4 Å². The van der Waals surface area contributed by atoms with Gasteiger partial charge in [-0.2, -0.15) is 10.5 Å². The topological polar surface area (TPSA) is 267 Å². The largest absolute Gasteiger partial charge is 0.481 e. The van der Waals surface area contributed by atoms with E-state index >= 15 is 0 Å². The molecule has 0 unspecified atom stereocenters. The van der Waals surface area contributed by atoms with Crippen LogP contribution in [0.15, 0.2) is 82.9 Å². The first-order chi connectivity index (χ1) is 28.7. The third-order valence-electron chi connectivity index (χ3n) is 9.36. The highest BCUT2D eigenvalue weighted by molar-refractivity contribution is 5.85. The maximum absolute atomic E-state index is 12.6. The quantitative estimate of drug-likeness (QED) is 0.171. The van der Waals surface area contributed by atoms with E-state index in [4.69, 9.17) is 15.6 Å². The molecule has 19 nitrogen and oxygen atoms in total. The first kappa shape index (κ1) is 43.8. The molecule has 6 aromatic rings. The number of hydrogen-bond acceptors (Lipinski definition) is 15. The van der Waals surface area contributed by atoms with Gasteiger partial charge in [-0.05, 0) is 48.5 Å². The van der Waals surface area contributed by atoms with E-state index in [1.54, 1.807) is 48.9 Å². The highest BCUT2D eigenvalue weighted by atomic mass is 35.5. The third kappa shape index (κ3) is 11.8. The van der Waals surface area contributed by atoms with Gasteiger partial charge >= 0.3 is 5.97 Å². The molecule has 1 amide bonds. The van der Waals surface area contributed by atoms with E-state index in [1.807, 2.05) is 23.1 Å². The van der Waals surface area contributed by atoms with Gasteiger partial charge in [0.2, 0.25) is 5.91 Å². The average molecular weight is 833 g/mol. The first-order valence-electron chi connectivity index (χ1n) is 18.8. The number of H-pyrrole nitrogens is 2.